The molecule has 0 atom stereocenters. The van der Waals surface area contributed by atoms with Crippen LogP contribution in [0.15, 0.2) is 0 Å². The third-order valence-electron chi connectivity index (χ3n) is 2.11. The van der Waals surface area contributed by atoms with Crippen LogP contribution in [0.5, 0.6) is 0 Å². The van der Waals surface area contributed by atoms with Gasteiger partial charge in [0.1, 0.15) is 0 Å². The van der Waals surface area contributed by atoms with Gasteiger partial charge < -0.3 is 0 Å². The van der Waals surface area contributed by atoms with Gasteiger partial charge in [-0.15, -0.1) is 20.2 Å². The lowest BCUT2D eigenvalue weighted by atomic mass is 10.1. The molecule has 0 aliphatic rings. The van der Waals surface area contributed by atoms with E-state index in [0.717, 1.165) is 0 Å². The standard InChI is InChI=1S/C9H14N2O8/c12-8(18-10(14)15)6-4-2-1-3-5-7-9(13)19-11(16)17/h1-7H2. The highest BCUT2D eigenvalue weighted by atomic mass is 17.0. The molecule has 0 radical (unpaired) electrons. The lowest BCUT2D eigenvalue weighted by Gasteiger charge is -2.00. The Hall–Kier alpha value is -2.26. The second-order valence-electron chi connectivity index (χ2n) is 3.64. The molecule has 0 rings (SSSR count). The predicted octanol–water partition coefficient (Wildman–Crippen LogP) is 1.19. The topological polar surface area (TPSA) is 139 Å². The fourth-order valence-corrected chi connectivity index (χ4v) is 1.33. The third kappa shape index (κ3) is 12.0. The number of unbranched alkanes of at least 4 members (excludes halogenated alkanes) is 4. The van der Waals surface area contributed by atoms with Gasteiger partial charge >= 0.3 is 22.1 Å². The van der Waals surface area contributed by atoms with Crippen LogP contribution in [0.25, 0.3) is 0 Å². The quantitative estimate of drug-likeness (QED) is 0.329. The molecule has 0 aliphatic carbocycles. The number of carbonyl (C=O) groups is 2. The zero-order valence-corrected chi connectivity index (χ0v) is 10.1. The number of carbonyl (C=O) groups excluding carboxylic acids is 2. The van der Waals surface area contributed by atoms with Gasteiger partial charge in [0, 0.05) is 12.8 Å². The minimum atomic E-state index is -1.15. The molecule has 0 heterocycles. The first-order chi connectivity index (χ1) is 8.91. The Morgan fingerprint density at radius 3 is 1.37 bits per heavy atom. The minimum absolute atomic E-state index is 0.0374. The fraction of sp³-hybridized carbons (Fsp3) is 0.778. The summed E-state index contributed by atoms with van der Waals surface area (Å²) in [6, 6.07) is 0. The summed E-state index contributed by atoms with van der Waals surface area (Å²) in [7, 11) is 0. The first-order valence-electron chi connectivity index (χ1n) is 5.62. The summed E-state index contributed by atoms with van der Waals surface area (Å²) >= 11 is 0. The normalized spacial score (nSPS) is 9.68. The van der Waals surface area contributed by atoms with E-state index in [1.807, 2.05) is 0 Å². The smallest absolute Gasteiger partial charge is 0.268 e. The van der Waals surface area contributed by atoms with Crippen molar-refractivity contribution >= 4 is 11.9 Å². The summed E-state index contributed by atoms with van der Waals surface area (Å²) in [5.74, 6) is -1.78. The van der Waals surface area contributed by atoms with E-state index in [1.165, 1.54) is 0 Å². The van der Waals surface area contributed by atoms with Crippen LogP contribution in [-0.2, 0) is 19.3 Å². The molecule has 0 saturated carbocycles. The zero-order chi connectivity index (χ0) is 14.7. The molecular weight excluding hydrogens is 264 g/mol. The van der Waals surface area contributed by atoms with E-state index in [0.29, 0.717) is 32.1 Å². The van der Waals surface area contributed by atoms with Crippen LogP contribution >= 0.6 is 0 Å². The molecular formula is C9H14N2O8. The molecule has 0 N–H and O–H groups in total. The van der Waals surface area contributed by atoms with Crippen LogP contribution in [0.2, 0.25) is 0 Å². The Balaban J connectivity index is 3.36. The molecule has 19 heavy (non-hydrogen) atoms. The lowest BCUT2D eigenvalue weighted by Crippen LogP contribution is -2.10. The van der Waals surface area contributed by atoms with Crippen LogP contribution in [0.1, 0.15) is 44.9 Å². The highest BCUT2D eigenvalue weighted by Gasteiger charge is 2.08. The highest BCUT2D eigenvalue weighted by molar-refractivity contribution is 5.68. The Morgan fingerprint density at radius 2 is 1.05 bits per heavy atom. The van der Waals surface area contributed by atoms with Crippen molar-refractivity contribution in [1.82, 2.24) is 0 Å². The zero-order valence-electron chi connectivity index (χ0n) is 10.1. The van der Waals surface area contributed by atoms with Gasteiger partial charge in [-0.25, -0.2) is 9.68 Å². The molecule has 0 spiro atoms. The number of hydrogen-bond acceptors (Lipinski definition) is 8. The van der Waals surface area contributed by atoms with Crippen molar-refractivity contribution in [2.24, 2.45) is 0 Å². The van der Waals surface area contributed by atoms with Crippen LogP contribution < -0.4 is 0 Å². The van der Waals surface area contributed by atoms with E-state index < -0.39 is 22.1 Å². The van der Waals surface area contributed by atoms with Crippen molar-refractivity contribution in [3.8, 4) is 0 Å². The Morgan fingerprint density at radius 1 is 0.737 bits per heavy atom. The molecule has 0 amide bonds. The van der Waals surface area contributed by atoms with Gasteiger partial charge in [0.25, 0.3) is 0 Å². The van der Waals surface area contributed by atoms with Crippen molar-refractivity contribution in [2.75, 3.05) is 0 Å². The summed E-state index contributed by atoms with van der Waals surface area (Å²) in [5, 5.41) is 17.3. The molecule has 10 heteroatoms. The number of rotatable bonds is 10. The lowest BCUT2D eigenvalue weighted by molar-refractivity contribution is -0.729. The molecule has 0 aromatic heterocycles. The molecule has 0 saturated heterocycles. The third-order valence-corrected chi connectivity index (χ3v) is 2.11. The van der Waals surface area contributed by atoms with Gasteiger partial charge in [0.05, 0.1) is 0 Å². The van der Waals surface area contributed by atoms with Crippen molar-refractivity contribution in [1.29, 1.82) is 0 Å². The molecule has 0 bridgehead atoms. The summed E-state index contributed by atoms with van der Waals surface area (Å²) in [6.07, 6.45) is 2.83. The van der Waals surface area contributed by atoms with E-state index in [4.69, 9.17) is 0 Å². The van der Waals surface area contributed by atoms with Crippen molar-refractivity contribution in [3.05, 3.63) is 20.2 Å². The largest absolute Gasteiger partial charge is 0.303 e. The second kappa shape index (κ2) is 9.74. The van der Waals surface area contributed by atoms with Gasteiger partial charge in [-0.05, 0) is 12.8 Å². The van der Waals surface area contributed by atoms with Crippen LogP contribution in [0, 0.1) is 20.2 Å². The molecule has 10 nitrogen and oxygen atoms in total. The number of nitrogens with zero attached hydrogens (tertiary/aromatic N) is 2. The molecule has 0 fully saturated rings. The van der Waals surface area contributed by atoms with Crippen molar-refractivity contribution < 1.29 is 29.4 Å². The van der Waals surface area contributed by atoms with Crippen LogP contribution in [0.4, 0.5) is 0 Å². The average Bonchev–Trinajstić information content (AvgIpc) is 2.25. The monoisotopic (exact) mass is 278 g/mol. The van der Waals surface area contributed by atoms with Gasteiger partial charge in [-0.1, -0.05) is 19.3 Å². The maximum atomic E-state index is 10.7. The van der Waals surface area contributed by atoms with Crippen LogP contribution in [0.3, 0.4) is 0 Å². The van der Waals surface area contributed by atoms with Gasteiger partial charge in [-0.2, -0.15) is 0 Å². The molecule has 0 unspecified atom stereocenters. The summed E-state index contributed by atoms with van der Waals surface area (Å²) in [5.41, 5.74) is 0. The highest BCUT2D eigenvalue weighted by Crippen LogP contribution is 2.08. The van der Waals surface area contributed by atoms with Gasteiger partial charge in [0.2, 0.25) is 0 Å². The fourth-order valence-electron chi connectivity index (χ4n) is 1.33. The van der Waals surface area contributed by atoms with E-state index in [1.54, 1.807) is 0 Å². The van der Waals surface area contributed by atoms with E-state index in [2.05, 4.69) is 9.68 Å². The minimum Gasteiger partial charge on any atom is -0.268 e. The van der Waals surface area contributed by atoms with Crippen molar-refractivity contribution in [3.63, 3.8) is 0 Å². The Kier molecular flexibility index (Phi) is 8.58. The van der Waals surface area contributed by atoms with Gasteiger partial charge in [0.15, 0.2) is 0 Å². The molecule has 0 aromatic carbocycles. The maximum Gasteiger partial charge on any atom is 0.303 e. The van der Waals surface area contributed by atoms with Crippen LogP contribution in [-0.4, -0.2) is 22.1 Å². The molecule has 0 aliphatic heterocycles. The molecule has 0 aromatic rings. The summed E-state index contributed by atoms with van der Waals surface area (Å²) in [4.78, 5) is 48.5. The SMILES string of the molecule is O=C(CCCCCCCC(=O)O[N+](=O)[O-])O[N+](=O)[O-]. The Bertz CT molecular complexity index is 311. The predicted molar refractivity (Wildman–Crippen MR) is 58.5 cm³/mol. The average molecular weight is 278 g/mol. The first-order valence-corrected chi connectivity index (χ1v) is 5.62. The summed E-state index contributed by atoms with van der Waals surface area (Å²) < 4.78 is 0. The van der Waals surface area contributed by atoms with E-state index >= 15 is 0 Å². The van der Waals surface area contributed by atoms with E-state index in [9.17, 15) is 29.8 Å². The number of hydrogen-bond donors (Lipinski definition) is 0. The van der Waals surface area contributed by atoms with Gasteiger partial charge in [-0.3, -0.25) is 9.59 Å². The second-order valence-corrected chi connectivity index (χ2v) is 3.64. The Labute approximate surface area is 107 Å². The maximum absolute atomic E-state index is 10.7. The van der Waals surface area contributed by atoms with E-state index in [-0.39, 0.29) is 12.8 Å². The molecule has 108 valence electrons. The van der Waals surface area contributed by atoms with Crippen molar-refractivity contribution in [2.45, 2.75) is 44.9 Å². The summed E-state index contributed by atoms with van der Waals surface area (Å²) in [6.45, 7) is 0. The first kappa shape index (κ1) is 16.7.